The van der Waals surface area contributed by atoms with Gasteiger partial charge >= 0.3 is 6.18 Å². The number of carbonyl (C=O) groups excluding carboxylic acids is 1. The number of hydrogen-bond donors (Lipinski definition) is 0. The summed E-state index contributed by atoms with van der Waals surface area (Å²) in [7, 11) is 1.59. The van der Waals surface area contributed by atoms with Crippen LogP contribution in [-0.2, 0) is 17.5 Å². The maximum absolute atomic E-state index is 12.7. The van der Waals surface area contributed by atoms with E-state index in [0.717, 1.165) is 49.3 Å². The monoisotopic (exact) mass is 406 g/mol. The van der Waals surface area contributed by atoms with E-state index in [4.69, 9.17) is 4.74 Å². The molecule has 156 valence electrons. The summed E-state index contributed by atoms with van der Waals surface area (Å²) in [5.74, 6) is 0.688. The summed E-state index contributed by atoms with van der Waals surface area (Å²) < 4.78 is 43.4. The van der Waals surface area contributed by atoms with E-state index in [2.05, 4.69) is 4.90 Å². The van der Waals surface area contributed by atoms with E-state index in [0.29, 0.717) is 12.3 Å². The summed E-state index contributed by atoms with van der Waals surface area (Å²) in [6, 6.07) is 12.9. The first kappa shape index (κ1) is 21.2. The number of likely N-dealkylation sites (tertiary alicyclic amines) is 1. The number of amides is 1. The number of halogens is 3. The van der Waals surface area contributed by atoms with Crippen molar-refractivity contribution < 1.29 is 22.7 Å². The van der Waals surface area contributed by atoms with Gasteiger partial charge in [-0.2, -0.15) is 13.2 Å². The summed E-state index contributed by atoms with van der Waals surface area (Å²) in [5.41, 5.74) is 1.04. The van der Waals surface area contributed by atoms with E-state index in [1.165, 1.54) is 12.1 Å². The Labute approximate surface area is 168 Å². The fourth-order valence-electron chi connectivity index (χ4n) is 3.80. The predicted octanol–water partition coefficient (Wildman–Crippen LogP) is 4.73. The molecule has 4 nitrogen and oxygen atoms in total. The van der Waals surface area contributed by atoms with Crippen LogP contribution in [0.2, 0.25) is 0 Å². The quantitative estimate of drug-likeness (QED) is 0.720. The lowest BCUT2D eigenvalue weighted by Crippen LogP contribution is -2.46. The van der Waals surface area contributed by atoms with E-state index >= 15 is 0 Å². The number of anilines is 1. The zero-order valence-corrected chi connectivity index (χ0v) is 16.6. The SMILES string of the molecule is COc1cccc(N(C(C)=O)C2CCN(Cc3ccc(C(F)(F)F)cc3)CC2)c1. The van der Waals surface area contributed by atoms with E-state index in [9.17, 15) is 18.0 Å². The van der Waals surface area contributed by atoms with Gasteiger partial charge in [0.05, 0.1) is 12.7 Å². The molecule has 0 atom stereocenters. The van der Waals surface area contributed by atoms with Crippen LogP contribution in [0.3, 0.4) is 0 Å². The topological polar surface area (TPSA) is 32.8 Å². The van der Waals surface area contributed by atoms with E-state index in [1.54, 1.807) is 14.0 Å². The van der Waals surface area contributed by atoms with Crippen molar-refractivity contribution in [2.75, 3.05) is 25.1 Å². The van der Waals surface area contributed by atoms with Crippen molar-refractivity contribution >= 4 is 11.6 Å². The molecule has 1 fully saturated rings. The smallest absolute Gasteiger partial charge is 0.416 e. The van der Waals surface area contributed by atoms with Crippen LogP contribution in [0, 0.1) is 0 Å². The highest BCUT2D eigenvalue weighted by atomic mass is 19.4. The standard InChI is InChI=1S/C22H25F3N2O2/c1-16(28)27(20-4-3-5-21(14-20)29-2)19-10-12-26(13-11-19)15-17-6-8-18(9-7-17)22(23,24)25/h3-9,14,19H,10-13,15H2,1-2H3. The normalized spacial score (nSPS) is 15.9. The second kappa shape index (κ2) is 8.86. The molecule has 0 N–H and O–H groups in total. The van der Waals surface area contributed by atoms with Crippen LogP contribution in [0.1, 0.15) is 30.9 Å². The number of carbonyl (C=O) groups is 1. The zero-order chi connectivity index (χ0) is 21.0. The molecule has 1 saturated heterocycles. The Hall–Kier alpha value is -2.54. The van der Waals surface area contributed by atoms with Crippen molar-refractivity contribution in [3.63, 3.8) is 0 Å². The number of hydrogen-bond acceptors (Lipinski definition) is 3. The first-order valence-corrected chi connectivity index (χ1v) is 9.60. The summed E-state index contributed by atoms with van der Waals surface area (Å²) in [6.07, 6.45) is -2.71. The maximum Gasteiger partial charge on any atom is 0.416 e. The van der Waals surface area contributed by atoms with Crippen LogP contribution in [0.4, 0.5) is 18.9 Å². The van der Waals surface area contributed by atoms with E-state index < -0.39 is 11.7 Å². The van der Waals surface area contributed by atoms with Gasteiger partial charge in [-0.05, 0) is 42.7 Å². The number of benzene rings is 2. The minimum atomic E-state index is -4.31. The van der Waals surface area contributed by atoms with Crippen molar-refractivity contribution in [1.82, 2.24) is 4.90 Å². The molecule has 1 amide bonds. The molecule has 0 radical (unpaired) electrons. The van der Waals surface area contributed by atoms with Gasteiger partial charge in [0, 0.05) is 44.4 Å². The molecule has 2 aromatic carbocycles. The van der Waals surface area contributed by atoms with Gasteiger partial charge < -0.3 is 9.64 Å². The summed E-state index contributed by atoms with van der Waals surface area (Å²) >= 11 is 0. The minimum Gasteiger partial charge on any atom is -0.497 e. The fourth-order valence-corrected chi connectivity index (χ4v) is 3.80. The second-order valence-electron chi connectivity index (χ2n) is 7.29. The Morgan fingerprint density at radius 2 is 1.79 bits per heavy atom. The molecule has 1 aliphatic rings. The van der Waals surface area contributed by atoms with Gasteiger partial charge in [-0.25, -0.2) is 0 Å². The second-order valence-corrected chi connectivity index (χ2v) is 7.29. The first-order valence-electron chi connectivity index (χ1n) is 9.60. The lowest BCUT2D eigenvalue weighted by molar-refractivity contribution is -0.137. The average molecular weight is 406 g/mol. The third-order valence-electron chi connectivity index (χ3n) is 5.28. The van der Waals surface area contributed by atoms with Crippen molar-refractivity contribution in [2.24, 2.45) is 0 Å². The molecular weight excluding hydrogens is 381 g/mol. The average Bonchev–Trinajstić information content (AvgIpc) is 2.69. The number of rotatable bonds is 5. The van der Waals surface area contributed by atoms with Gasteiger partial charge in [-0.15, -0.1) is 0 Å². The molecule has 29 heavy (non-hydrogen) atoms. The zero-order valence-electron chi connectivity index (χ0n) is 16.6. The van der Waals surface area contributed by atoms with Gasteiger partial charge in [0.1, 0.15) is 5.75 Å². The van der Waals surface area contributed by atoms with Crippen LogP contribution < -0.4 is 9.64 Å². The molecule has 0 saturated carbocycles. The molecule has 0 aliphatic carbocycles. The molecule has 1 heterocycles. The Kier molecular flexibility index (Phi) is 6.47. The summed E-state index contributed by atoms with van der Waals surface area (Å²) in [4.78, 5) is 16.3. The third-order valence-corrected chi connectivity index (χ3v) is 5.28. The van der Waals surface area contributed by atoms with Crippen LogP contribution >= 0.6 is 0 Å². The Morgan fingerprint density at radius 1 is 1.14 bits per heavy atom. The van der Waals surface area contributed by atoms with E-state index in [1.807, 2.05) is 29.2 Å². The predicted molar refractivity (Wildman–Crippen MR) is 106 cm³/mol. The van der Waals surface area contributed by atoms with Crippen LogP contribution in [0.15, 0.2) is 48.5 Å². The Morgan fingerprint density at radius 3 is 2.34 bits per heavy atom. The number of ether oxygens (including phenoxy) is 1. The molecule has 0 spiro atoms. The van der Waals surface area contributed by atoms with Crippen LogP contribution in [0.25, 0.3) is 0 Å². The van der Waals surface area contributed by atoms with Gasteiger partial charge in [0.2, 0.25) is 5.91 Å². The van der Waals surface area contributed by atoms with Gasteiger partial charge in [0.15, 0.2) is 0 Å². The molecule has 0 bridgehead atoms. The number of methoxy groups -OCH3 is 1. The largest absolute Gasteiger partial charge is 0.497 e. The molecule has 2 aromatic rings. The van der Waals surface area contributed by atoms with E-state index in [-0.39, 0.29) is 11.9 Å². The third kappa shape index (κ3) is 5.29. The number of nitrogens with zero attached hydrogens (tertiary/aromatic N) is 2. The highest BCUT2D eigenvalue weighted by Gasteiger charge is 2.30. The minimum absolute atomic E-state index is 0.0144. The van der Waals surface area contributed by atoms with Crippen LogP contribution in [-0.4, -0.2) is 37.0 Å². The first-order chi connectivity index (χ1) is 13.8. The van der Waals surface area contributed by atoms with Gasteiger partial charge in [-0.3, -0.25) is 9.69 Å². The summed E-state index contributed by atoms with van der Waals surface area (Å²) in [5, 5.41) is 0. The van der Waals surface area contributed by atoms with Crippen LogP contribution in [0.5, 0.6) is 5.75 Å². The molecular formula is C22H25F3N2O2. The lowest BCUT2D eigenvalue weighted by atomic mass is 10.0. The Bertz CT molecular complexity index is 829. The molecule has 0 aromatic heterocycles. The van der Waals surface area contributed by atoms with Gasteiger partial charge in [-0.1, -0.05) is 18.2 Å². The van der Waals surface area contributed by atoms with Gasteiger partial charge in [0.25, 0.3) is 0 Å². The fraction of sp³-hybridized carbons (Fsp3) is 0.409. The van der Waals surface area contributed by atoms with Crippen molar-refractivity contribution in [3.8, 4) is 5.75 Å². The van der Waals surface area contributed by atoms with Crippen molar-refractivity contribution in [3.05, 3.63) is 59.7 Å². The number of piperidine rings is 1. The highest BCUT2D eigenvalue weighted by molar-refractivity contribution is 5.92. The molecule has 3 rings (SSSR count). The molecule has 1 aliphatic heterocycles. The Balaban J connectivity index is 1.62. The van der Waals surface area contributed by atoms with Crippen molar-refractivity contribution in [2.45, 2.75) is 38.5 Å². The van der Waals surface area contributed by atoms with Crippen molar-refractivity contribution in [1.29, 1.82) is 0 Å². The highest BCUT2D eigenvalue weighted by Crippen LogP contribution is 2.30. The molecule has 7 heteroatoms. The lowest BCUT2D eigenvalue weighted by Gasteiger charge is -2.38. The number of alkyl halides is 3. The summed E-state index contributed by atoms with van der Waals surface area (Å²) in [6.45, 7) is 3.72. The maximum atomic E-state index is 12.7. The molecule has 0 unspecified atom stereocenters.